The molecule has 0 spiro atoms. The third-order valence-electron chi connectivity index (χ3n) is 4.05. The van der Waals surface area contributed by atoms with Crippen LogP contribution in [0.5, 0.6) is 5.75 Å². The largest absolute Gasteiger partial charge is 0.487 e. The fraction of sp³-hybridized carbons (Fsp3) is 0.136. The molecule has 0 saturated carbocycles. The molecular weight excluding hydrogens is 330 g/mol. The predicted molar refractivity (Wildman–Crippen MR) is 105 cm³/mol. The van der Waals surface area contributed by atoms with Gasteiger partial charge < -0.3 is 4.74 Å². The van der Waals surface area contributed by atoms with E-state index in [2.05, 4.69) is 43.1 Å². The van der Waals surface area contributed by atoms with E-state index < -0.39 is 0 Å². The van der Waals surface area contributed by atoms with E-state index in [1.165, 1.54) is 11.1 Å². The summed E-state index contributed by atoms with van der Waals surface area (Å²) in [6, 6.07) is 17.8. The van der Waals surface area contributed by atoms with Crippen molar-refractivity contribution in [3.63, 3.8) is 0 Å². The van der Waals surface area contributed by atoms with Crippen molar-refractivity contribution in [1.29, 1.82) is 0 Å². The quantitative estimate of drug-likeness (QED) is 0.519. The number of ether oxygens (including phenoxy) is 1. The highest BCUT2D eigenvalue weighted by Crippen LogP contribution is 2.26. The van der Waals surface area contributed by atoms with Crippen LogP contribution >= 0.6 is 11.6 Å². The molecule has 3 aromatic rings. The molecule has 2 aromatic carbocycles. The number of benzene rings is 2. The molecule has 25 heavy (non-hydrogen) atoms. The van der Waals surface area contributed by atoms with E-state index in [0.29, 0.717) is 6.61 Å². The maximum atomic E-state index is 6.03. The number of aromatic nitrogens is 1. The molecule has 1 heterocycles. The van der Waals surface area contributed by atoms with Crippen LogP contribution in [-0.2, 0) is 6.61 Å². The summed E-state index contributed by atoms with van der Waals surface area (Å²) in [5.74, 6) is 0.860. The standard InChI is InChI=1S/C22H20ClNO/c1-16-13-19(9-6-18-7-10-20(23)11-8-18)22(14-17(16)2)25-15-21-5-3-4-12-24-21/h3-14H,15H2,1-2H3/b9-6+. The van der Waals surface area contributed by atoms with Gasteiger partial charge in [-0.2, -0.15) is 0 Å². The zero-order chi connectivity index (χ0) is 17.6. The monoisotopic (exact) mass is 349 g/mol. The van der Waals surface area contributed by atoms with Crippen molar-refractivity contribution in [1.82, 2.24) is 4.98 Å². The highest BCUT2D eigenvalue weighted by Gasteiger charge is 2.06. The van der Waals surface area contributed by atoms with E-state index in [9.17, 15) is 0 Å². The molecule has 0 atom stereocenters. The summed E-state index contributed by atoms with van der Waals surface area (Å²) in [4.78, 5) is 4.31. The third-order valence-corrected chi connectivity index (χ3v) is 4.31. The summed E-state index contributed by atoms with van der Waals surface area (Å²) in [5.41, 5.74) is 5.50. The fourth-order valence-electron chi connectivity index (χ4n) is 2.46. The predicted octanol–water partition coefficient (Wildman–Crippen LogP) is 6.10. The summed E-state index contributed by atoms with van der Waals surface area (Å²) < 4.78 is 6.03. The number of rotatable bonds is 5. The van der Waals surface area contributed by atoms with E-state index in [-0.39, 0.29) is 0 Å². The summed E-state index contributed by atoms with van der Waals surface area (Å²) in [6.07, 6.45) is 5.91. The Balaban J connectivity index is 1.84. The SMILES string of the molecule is Cc1cc(/C=C/c2ccc(Cl)cc2)c(OCc2ccccn2)cc1C. The average molecular weight is 350 g/mol. The van der Waals surface area contributed by atoms with Crippen molar-refractivity contribution in [3.05, 3.63) is 93.8 Å². The molecule has 0 N–H and O–H groups in total. The van der Waals surface area contributed by atoms with Crippen LogP contribution < -0.4 is 4.74 Å². The lowest BCUT2D eigenvalue weighted by Gasteiger charge is -2.12. The molecule has 3 heteroatoms. The molecule has 0 fully saturated rings. The van der Waals surface area contributed by atoms with Crippen molar-refractivity contribution in [2.45, 2.75) is 20.5 Å². The maximum Gasteiger partial charge on any atom is 0.130 e. The van der Waals surface area contributed by atoms with Gasteiger partial charge >= 0.3 is 0 Å². The molecule has 2 nitrogen and oxygen atoms in total. The molecule has 126 valence electrons. The van der Waals surface area contributed by atoms with Gasteiger partial charge in [0.1, 0.15) is 12.4 Å². The molecule has 1 aromatic heterocycles. The first-order valence-electron chi connectivity index (χ1n) is 8.19. The van der Waals surface area contributed by atoms with Crippen molar-refractivity contribution in [2.24, 2.45) is 0 Å². The second kappa shape index (κ2) is 8.00. The molecule has 0 bridgehead atoms. The van der Waals surface area contributed by atoms with Crippen LogP contribution in [0.25, 0.3) is 12.2 Å². The van der Waals surface area contributed by atoms with Crippen LogP contribution in [0.15, 0.2) is 60.8 Å². The Morgan fingerprint density at radius 3 is 2.44 bits per heavy atom. The summed E-state index contributed by atoms with van der Waals surface area (Å²) in [5, 5.41) is 0.739. The molecule has 0 amide bonds. The van der Waals surface area contributed by atoms with Crippen LogP contribution in [0.3, 0.4) is 0 Å². The van der Waals surface area contributed by atoms with Crippen LogP contribution in [-0.4, -0.2) is 4.98 Å². The van der Waals surface area contributed by atoms with E-state index in [0.717, 1.165) is 27.6 Å². The van der Waals surface area contributed by atoms with Crippen molar-refractivity contribution < 1.29 is 4.74 Å². The number of pyridine rings is 1. The lowest BCUT2D eigenvalue weighted by molar-refractivity contribution is 0.300. The maximum absolute atomic E-state index is 6.03. The van der Waals surface area contributed by atoms with Gasteiger partial charge in [-0.05, 0) is 66.9 Å². The van der Waals surface area contributed by atoms with Crippen LogP contribution in [0, 0.1) is 13.8 Å². The second-order valence-corrected chi connectivity index (χ2v) is 6.41. The van der Waals surface area contributed by atoms with Crippen molar-refractivity contribution >= 4 is 23.8 Å². The van der Waals surface area contributed by atoms with Gasteiger partial charge in [0.25, 0.3) is 0 Å². The topological polar surface area (TPSA) is 22.1 Å². The first kappa shape index (κ1) is 17.2. The molecule has 0 aliphatic carbocycles. The normalized spacial score (nSPS) is 11.0. The molecular formula is C22H20ClNO. The second-order valence-electron chi connectivity index (χ2n) is 5.97. The van der Waals surface area contributed by atoms with E-state index in [1.807, 2.05) is 42.5 Å². The Morgan fingerprint density at radius 1 is 0.960 bits per heavy atom. The zero-order valence-corrected chi connectivity index (χ0v) is 15.1. The highest BCUT2D eigenvalue weighted by atomic mass is 35.5. The average Bonchev–Trinajstić information content (AvgIpc) is 2.63. The fourth-order valence-corrected chi connectivity index (χ4v) is 2.59. The Hall–Kier alpha value is -2.58. The van der Waals surface area contributed by atoms with Gasteiger partial charge in [-0.15, -0.1) is 0 Å². The highest BCUT2D eigenvalue weighted by molar-refractivity contribution is 6.30. The van der Waals surface area contributed by atoms with Gasteiger partial charge in [-0.3, -0.25) is 4.98 Å². The third kappa shape index (κ3) is 4.71. The first-order valence-corrected chi connectivity index (χ1v) is 8.57. The van der Waals surface area contributed by atoms with Crippen LogP contribution in [0.1, 0.15) is 27.9 Å². The van der Waals surface area contributed by atoms with Gasteiger partial charge in [0, 0.05) is 16.8 Å². The molecule has 3 rings (SSSR count). The van der Waals surface area contributed by atoms with Crippen molar-refractivity contribution in [3.8, 4) is 5.75 Å². The minimum Gasteiger partial charge on any atom is -0.487 e. The Labute approximate surface area is 153 Å². The van der Waals surface area contributed by atoms with Crippen LogP contribution in [0.4, 0.5) is 0 Å². The van der Waals surface area contributed by atoms with Crippen LogP contribution in [0.2, 0.25) is 5.02 Å². The number of aryl methyl sites for hydroxylation is 2. The summed E-state index contributed by atoms with van der Waals surface area (Å²) in [6.45, 7) is 4.65. The summed E-state index contributed by atoms with van der Waals surface area (Å²) in [7, 11) is 0. The van der Waals surface area contributed by atoms with Gasteiger partial charge in [0.2, 0.25) is 0 Å². The van der Waals surface area contributed by atoms with Gasteiger partial charge in [0.05, 0.1) is 5.69 Å². The first-order chi connectivity index (χ1) is 12.1. The van der Waals surface area contributed by atoms with E-state index in [1.54, 1.807) is 6.20 Å². The Kier molecular flexibility index (Phi) is 5.52. The van der Waals surface area contributed by atoms with E-state index in [4.69, 9.17) is 16.3 Å². The molecule has 0 saturated heterocycles. The Bertz CT molecular complexity index is 871. The minimum atomic E-state index is 0.450. The number of hydrogen-bond donors (Lipinski definition) is 0. The number of halogens is 1. The van der Waals surface area contributed by atoms with Gasteiger partial charge in [0.15, 0.2) is 0 Å². The Morgan fingerprint density at radius 2 is 1.72 bits per heavy atom. The zero-order valence-electron chi connectivity index (χ0n) is 14.4. The minimum absolute atomic E-state index is 0.450. The van der Waals surface area contributed by atoms with Gasteiger partial charge in [-0.1, -0.05) is 42.0 Å². The van der Waals surface area contributed by atoms with Gasteiger partial charge in [-0.25, -0.2) is 0 Å². The number of hydrogen-bond acceptors (Lipinski definition) is 2. The molecule has 0 unspecified atom stereocenters. The van der Waals surface area contributed by atoms with E-state index >= 15 is 0 Å². The lowest BCUT2D eigenvalue weighted by atomic mass is 10.0. The molecule has 0 radical (unpaired) electrons. The molecule has 0 aliphatic heterocycles. The lowest BCUT2D eigenvalue weighted by Crippen LogP contribution is -2.00. The summed E-state index contributed by atoms with van der Waals surface area (Å²) >= 11 is 5.94. The number of nitrogens with zero attached hydrogens (tertiary/aromatic N) is 1. The smallest absolute Gasteiger partial charge is 0.130 e. The molecule has 0 aliphatic rings. The van der Waals surface area contributed by atoms with Crippen molar-refractivity contribution in [2.75, 3.05) is 0 Å².